The molecule has 2 rings (SSSR count). The van der Waals surface area contributed by atoms with Crippen LogP contribution in [0.1, 0.15) is 61.9 Å². The summed E-state index contributed by atoms with van der Waals surface area (Å²) in [4.78, 5) is 39.3. The number of ketones is 1. The van der Waals surface area contributed by atoms with Gasteiger partial charge in [0.05, 0.1) is 12.2 Å². The molecule has 1 heterocycles. The molecule has 0 bridgehead atoms. The van der Waals surface area contributed by atoms with E-state index in [0.717, 1.165) is 12.0 Å². The highest BCUT2D eigenvalue weighted by Gasteiger charge is 2.24. The third-order valence-corrected chi connectivity index (χ3v) is 4.14. The van der Waals surface area contributed by atoms with E-state index in [1.54, 1.807) is 32.9 Å². The van der Waals surface area contributed by atoms with E-state index in [1.807, 2.05) is 19.1 Å². The summed E-state index contributed by atoms with van der Waals surface area (Å²) in [6.45, 7) is 6.94. The second-order valence-corrected chi connectivity index (χ2v) is 5.90. The SMILES string of the molecule is CCOC(=O)c1c(C)[nH]c(C(=O)OCC(=O)c2ccc(CC)cc2)c1C. The quantitative estimate of drug-likeness (QED) is 0.606. The number of ether oxygens (including phenoxy) is 2. The predicted octanol–water partition coefficient (Wildman–Crippen LogP) is 3.41. The van der Waals surface area contributed by atoms with Crippen LogP contribution in [0.5, 0.6) is 0 Å². The Bertz CT molecular complexity index is 817. The molecule has 6 heteroatoms. The topological polar surface area (TPSA) is 85.5 Å². The fraction of sp³-hybridized carbons (Fsp3) is 0.350. The Morgan fingerprint density at radius 3 is 2.19 bits per heavy atom. The van der Waals surface area contributed by atoms with Crippen molar-refractivity contribution in [3.63, 3.8) is 0 Å². The van der Waals surface area contributed by atoms with E-state index in [0.29, 0.717) is 22.4 Å². The molecule has 0 aliphatic heterocycles. The lowest BCUT2D eigenvalue weighted by Gasteiger charge is -2.05. The molecule has 0 unspecified atom stereocenters. The zero-order valence-electron chi connectivity index (χ0n) is 15.5. The summed E-state index contributed by atoms with van der Waals surface area (Å²) in [6.07, 6.45) is 0.887. The van der Waals surface area contributed by atoms with Crippen molar-refractivity contribution in [2.24, 2.45) is 0 Å². The van der Waals surface area contributed by atoms with E-state index in [2.05, 4.69) is 4.98 Å². The van der Waals surface area contributed by atoms with Crippen LogP contribution in [0.25, 0.3) is 0 Å². The molecule has 26 heavy (non-hydrogen) atoms. The van der Waals surface area contributed by atoms with Crippen LogP contribution in [-0.4, -0.2) is 35.9 Å². The second kappa shape index (κ2) is 8.47. The van der Waals surface area contributed by atoms with Crippen molar-refractivity contribution in [2.45, 2.75) is 34.1 Å². The first-order valence-corrected chi connectivity index (χ1v) is 8.54. The Morgan fingerprint density at radius 2 is 1.62 bits per heavy atom. The largest absolute Gasteiger partial charge is 0.462 e. The third kappa shape index (κ3) is 4.20. The molecule has 0 fully saturated rings. The lowest BCUT2D eigenvalue weighted by Crippen LogP contribution is -2.15. The molecule has 138 valence electrons. The zero-order valence-corrected chi connectivity index (χ0v) is 15.5. The molecule has 0 aliphatic rings. The predicted molar refractivity (Wildman–Crippen MR) is 96.7 cm³/mol. The van der Waals surface area contributed by atoms with E-state index < -0.39 is 11.9 Å². The van der Waals surface area contributed by atoms with E-state index in [-0.39, 0.29) is 24.7 Å². The second-order valence-electron chi connectivity index (χ2n) is 5.90. The number of rotatable bonds is 7. The van der Waals surface area contributed by atoms with Crippen molar-refractivity contribution in [1.29, 1.82) is 0 Å². The van der Waals surface area contributed by atoms with Gasteiger partial charge in [-0.1, -0.05) is 31.2 Å². The monoisotopic (exact) mass is 357 g/mol. The van der Waals surface area contributed by atoms with Crippen LogP contribution in [-0.2, 0) is 15.9 Å². The van der Waals surface area contributed by atoms with Gasteiger partial charge in [0.2, 0.25) is 0 Å². The maximum absolute atomic E-state index is 12.3. The summed E-state index contributed by atoms with van der Waals surface area (Å²) in [5.41, 5.74) is 3.06. The van der Waals surface area contributed by atoms with E-state index in [9.17, 15) is 14.4 Å². The van der Waals surface area contributed by atoms with Crippen LogP contribution >= 0.6 is 0 Å². The van der Waals surface area contributed by atoms with E-state index in [4.69, 9.17) is 9.47 Å². The molecule has 6 nitrogen and oxygen atoms in total. The normalized spacial score (nSPS) is 10.5. The Kier molecular flexibility index (Phi) is 6.33. The molecule has 1 aromatic carbocycles. The third-order valence-electron chi connectivity index (χ3n) is 4.14. The molecule has 2 aromatic rings. The van der Waals surface area contributed by atoms with Crippen molar-refractivity contribution in [3.05, 3.63) is 57.9 Å². The molecule has 0 atom stereocenters. The number of Topliss-reactive ketones (excluding diaryl/α,β-unsaturated/α-hetero) is 1. The summed E-state index contributed by atoms with van der Waals surface area (Å²) in [5.74, 6) is -1.46. The van der Waals surface area contributed by atoms with E-state index in [1.165, 1.54) is 0 Å². The van der Waals surface area contributed by atoms with Crippen LogP contribution in [0, 0.1) is 13.8 Å². The number of carbonyl (C=O) groups excluding carboxylic acids is 3. The highest BCUT2D eigenvalue weighted by molar-refractivity contribution is 6.01. The van der Waals surface area contributed by atoms with Crippen molar-refractivity contribution >= 4 is 17.7 Å². The van der Waals surface area contributed by atoms with Gasteiger partial charge < -0.3 is 14.5 Å². The van der Waals surface area contributed by atoms with E-state index >= 15 is 0 Å². The Balaban J connectivity index is 2.06. The summed E-state index contributed by atoms with van der Waals surface area (Å²) in [6, 6.07) is 7.19. The first kappa shape index (κ1) is 19.4. The minimum absolute atomic E-state index is 0.152. The molecule has 0 saturated heterocycles. The first-order valence-electron chi connectivity index (χ1n) is 8.54. The molecular weight excluding hydrogens is 334 g/mol. The standard InChI is InChI=1S/C20H23NO5/c1-5-14-7-9-15(10-8-14)16(22)11-26-20(24)18-12(3)17(13(4)21-18)19(23)25-6-2/h7-10,21H,5-6,11H2,1-4H3. The number of aryl methyl sites for hydroxylation is 2. The zero-order chi connectivity index (χ0) is 19.3. The van der Waals surface area contributed by atoms with Crippen molar-refractivity contribution in [1.82, 2.24) is 4.98 Å². The first-order chi connectivity index (χ1) is 12.4. The van der Waals surface area contributed by atoms with Gasteiger partial charge in [0.25, 0.3) is 0 Å². The molecule has 1 aromatic heterocycles. The van der Waals surface area contributed by atoms with Gasteiger partial charge in [0.15, 0.2) is 12.4 Å². The molecular formula is C20H23NO5. The van der Waals surface area contributed by atoms with Gasteiger partial charge >= 0.3 is 11.9 Å². The molecule has 0 radical (unpaired) electrons. The average molecular weight is 357 g/mol. The maximum atomic E-state index is 12.3. The number of esters is 2. The highest BCUT2D eigenvalue weighted by Crippen LogP contribution is 2.20. The number of benzene rings is 1. The summed E-state index contributed by atoms with van der Waals surface area (Å²) < 4.78 is 10.1. The molecule has 0 spiro atoms. The van der Waals surface area contributed by atoms with Gasteiger partial charge in [-0.3, -0.25) is 4.79 Å². The maximum Gasteiger partial charge on any atom is 0.355 e. The number of nitrogens with one attached hydrogen (secondary N) is 1. The van der Waals surface area contributed by atoms with Crippen LogP contribution < -0.4 is 0 Å². The van der Waals surface area contributed by atoms with Crippen molar-refractivity contribution in [2.75, 3.05) is 13.2 Å². The van der Waals surface area contributed by atoms with Crippen molar-refractivity contribution in [3.8, 4) is 0 Å². The lowest BCUT2D eigenvalue weighted by atomic mass is 10.1. The average Bonchev–Trinajstić information content (AvgIpc) is 2.94. The summed E-state index contributed by atoms with van der Waals surface area (Å²) in [5, 5.41) is 0. The molecule has 0 aliphatic carbocycles. The minimum Gasteiger partial charge on any atom is -0.462 e. The highest BCUT2D eigenvalue weighted by atomic mass is 16.5. The lowest BCUT2D eigenvalue weighted by molar-refractivity contribution is 0.0468. The molecule has 0 saturated carbocycles. The van der Waals surface area contributed by atoms with Gasteiger partial charge in [-0.25, -0.2) is 9.59 Å². The van der Waals surface area contributed by atoms with Crippen LogP contribution in [0.15, 0.2) is 24.3 Å². The molecule has 0 amide bonds. The number of hydrogen-bond donors (Lipinski definition) is 1. The number of aromatic amines is 1. The summed E-state index contributed by atoms with van der Waals surface area (Å²) >= 11 is 0. The van der Waals surface area contributed by atoms with Gasteiger partial charge in [-0.2, -0.15) is 0 Å². The Hall–Kier alpha value is -2.89. The fourth-order valence-electron chi connectivity index (χ4n) is 2.68. The van der Waals surface area contributed by atoms with Crippen LogP contribution in [0.3, 0.4) is 0 Å². The van der Waals surface area contributed by atoms with Gasteiger partial charge in [-0.05, 0) is 38.3 Å². The minimum atomic E-state index is -0.681. The molecule has 1 N–H and O–H groups in total. The van der Waals surface area contributed by atoms with Crippen LogP contribution in [0.4, 0.5) is 0 Å². The Morgan fingerprint density at radius 1 is 0.962 bits per heavy atom. The summed E-state index contributed by atoms with van der Waals surface area (Å²) in [7, 11) is 0. The smallest absolute Gasteiger partial charge is 0.355 e. The fourth-order valence-corrected chi connectivity index (χ4v) is 2.68. The van der Waals surface area contributed by atoms with Gasteiger partial charge in [0.1, 0.15) is 5.69 Å². The van der Waals surface area contributed by atoms with Gasteiger partial charge in [-0.15, -0.1) is 0 Å². The number of hydrogen-bond acceptors (Lipinski definition) is 5. The number of carbonyl (C=O) groups is 3. The Labute approximate surface area is 152 Å². The number of H-pyrrole nitrogens is 1. The number of aromatic nitrogens is 1. The van der Waals surface area contributed by atoms with Crippen molar-refractivity contribution < 1.29 is 23.9 Å². The van der Waals surface area contributed by atoms with Crippen LogP contribution in [0.2, 0.25) is 0 Å². The van der Waals surface area contributed by atoms with Gasteiger partial charge in [0, 0.05) is 11.3 Å².